The maximum Gasteiger partial charge on any atom is 0.123 e. The number of furan rings is 1. The summed E-state index contributed by atoms with van der Waals surface area (Å²) in [5.41, 5.74) is 7.58. The molecule has 1 heterocycles. The first-order valence-corrected chi connectivity index (χ1v) is 5.42. The van der Waals surface area contributed by atoms with E-state index in [-0.39, 0.29) is 5.82 Å². The normalized spacial score (nSPS) is 10.5. The molecule has 1 aromatic heterocycles. The first kappa shape index (κ1) is 11.7. The van der Waals surface area contributed by atoms with Crippen molar-refractivity contribution in [1.29, 1.82) is 0 Å². The predicted octanol–water partition coefficient (Wildman–Crippen LogP) is 2.51. The minimum Gasteiger partial charge on any atom is -0.468 e. The number of nitrogens with two attached hydrogens (primary N) is 1. The van der Waals surface area contributed by atoms with E-state index in [4.69, 9.17) is 10.2 Å². The average molecular weight is 234 g/mol. The zero-order chi connectivity index (χ0) is 12.3. The fourth-order valence-corrected chi connectivity index (χ4v) is 1.73. The summed E-state index contributed by atoms with van der Waals surface area (Å²) in [6.45, 7) is 1.08. The lowest BCUT2D eigenvalue weighted by atomic mass is 10.2. The molecule has 0 spiro atoms. The van der Waals surface area contributed by atoms with Gasteiger partial charge in [0.25, 0.3) is 0 Å². The molecule has 0 amide bonds. The maximum absolute atomic E-state index is 12.8. The van der Waals surface area contributed by atoms with Crippen molar-refractivity contribution in [3.63, 3.8) is 0 Å². The number of nitrogens with zero attached hydrogens (tertiary/aromatic N) is 1. The summed E-state index contributed by atoms with van der Waals surface area (Å²) in [5.74, 6) is 0.562. The van der Waals surface area contributed by atoms with Crippen molar-refractivity contribution in [2.75, 3.05) is 11.9 Å². The van der Waals surface area contributed by atoms with Gasteiger partial charge in [0.05, 0.1) is 12.8 Å². The van der Waals surface area contributed by atoms with Gasteiger partial charge in [-0.25, -0.2) is 4.39 Å². The number of hydrogen-bond donors (Lipinski definition) is 1. The topological polar surface area (TPSA) is 42.4 Å². The van der Waals surface area contributed by atoms with Crippen LogP contribution in [0.15, 0.2) is 41.0 Å². The molecule has 0 fully saturated rings. The van der Waals surface area contributed by atoms with Crippen LogP contribution in [0.25, 0.3) is 0 Å². The third-order valence-corrected chi connectivity index (χ3v) is 2.70. The van der Waals surface area contributed by atoms with Crippen LogP contribution in [0.4, 0.5) is 10.1 Å². The first-order valence-electron chi connectivity index (χ1n) is 5.42. The Hall–Kier alpha value is -1.81. The smallest absolute Gasteiger partial charge is 0.123 e. The van der Waals surface area contributed by atoms with E-state index in [9.17, 15) is 4.39 Å². The van der Waals surface area contributed by atoms with Crippen LogP contribution >= 0.6 is 0 Å². The number of hydrogen-bond acceptors (Lipinski definition) is 3. The lowest BCUT2D eigenvalue weighted by Crippen LogP contribution is -2.17. The van der Waals surface area contributed by atoms with E-state index >= 15 is 0 Å². The van der Waals surface area contributed by atoms with Gasteiger partial charge in [-0.2, -0.15) is 0 Å². The summed E-state index contributed by atoms with van der Waals surface area (Å²) < 4.78 is 18.1. The largest absolute Gasteiger partial charge is 0.468 e. The van der Waals surface area contributed by atoms with Crippen molar-refractivity contribution in [2.24, 2.45) is 5.73 Å². The molecule has 2 aromatic rings. The monoisotopic (exact) mass is 234 g/mol. The van der Waals surface area contributed by atoms with Crippen LogP contribution in [0, 0.1) is 5.82 Å². The highest BCUT2D eigenvalue weighted by molar-refractivity contribution is 5.46. The fourth-order valence-electron chi connectivity index (χ4n) is 1.73. The number of rotatable bonds is 4. The summed E-state index contributed by atoms with van der Waals surface area (Å²) in [4.78, 5) is 2.02. The Morgan fingerprint density at radius 2 is 1.94 bits per heavy atom. The quantitative estimate of drug-likeness (QED) is 0.883. The SMILES string of the molecule is CN(Cc1ccoc1CN)c1ccc(F)cc1. The van der Waals surface area contributed by atoms with E-state index < -0.39 is 0 Å². The zero-order valence-electron chi connectivity index (χ0n) is 9.69. The second kappa shape index (κ2) is 5.01. The number of benzene rings is 1. The lowest BCUT2D eigenvalue weighted by Gasteiger charge is -2.19. The molecule has 1 aromatic carbocycles. The van der Waals surface area contributed by atoms with Crippen molar-refractivity contribution < 1.29 is 8.81 Å². The third-order valence-electron chi connectivity index (χ3n) is 2.70. The molecule has 4 heteroatoms. The Kier molecular flexibility index (Phi) is 3.44. The van der Waals surface area contributed by atoms with E-state index in [0.29, 0.717) is 13.1 Å². The van der Waals surface area contributed by atoms with E-state index in [1.54, 1.807) is 18.4 Å². The number of anilines is 1. The van der Waals surface area contributed by atoms with Gasteiger partial charge in [-0.05, 0) is 30.3 Å². The molecule has 0 aliphatic rings. The minimum absolute atomic E-state index is 0.229. The Labute approximate surface area is 99.6 Å². The second-order valence-corrected chi connectivity index (χ2v) is 3.91. The van der Waals surface area contributed by atoms with Gasteiger partial charge in [-0.3, -0.25) is 0 Å². The van der Waals surface area contributed by atoms with Crippen molar-refractivity contribution in [3.8, 4) is 0 Å². The molecule has 90 valence electrons. The molecular weight excluding hydrogens is 219 g/mol. The molecule has 0 aliphatic carbocycles. The van der Waals surface area contributed by atoms with Crippen LogP contribution in [0.3, 0.4) is 0 Å². The highest BCUT2D eigenvalue weighted by Crippen LogP contribution is 2.18. The van der Waals surface area contributed by atoms with E-state index in [2.05, 4.69) is 0 Å². The summed E-state index contributed by atoms with van der Waals surface area (Å²) in [6, 6.07) is 8.30. The molecule has 2 N–H and O–H groups in total. The molecule has 3 nitrogen and oxygen atoms in total. The van der Waals surface area contributed by atoms with Crippen LogP contribution in [-0.4, -0.2) is 7.05 Å². The molecule has 0 unspecified atom stereocenters. The molecule has 0 saturated heterocycles. The molecule has 0 saturated carbocycles. The molecule has 2 rings (SSSR count). The molecule has 0 bridgehead atoms. The van der Waals surface area contributed by atoms with Gasteiger partial charge in [0.15, 0.2) is 0 Å². The first-order chi connectivity index (χ1) is 8.20. The average Bonchev–Trinajstić information content (AvgIpc) is 2.77. The van der Waals surface area contributed by atoms with Gasteiger partial charge in [0.2, 0.25) is 0 Å². The fraction of sp³-hybridized carbons (Fsp3) is 0.231. The highest BCUT2D eigenvalue weighted by Gasteiger charge is 2.08. The van der Waals surface area contributed by atoms with Crippen LogP contribution in [-0.2, 0) is 13.1 Å². The highest BCUT2D eigenvalue weighted by atomic mass is 19.1. The minimum atomic E-state index is -0.229. The van der Waals surface area contributed by atoms with Crippen LogP contribution < -0.4 is 10.6 Å². The predicted molar refractivity (Wildman–Crippen MR) is 65.1 cm³/mol. The Morgan fingerprint density at radius 1 is 1.24 bits per heavy atom. The van der Waals surface area contributed by atoms with Gasteiger partial charge in [-0.15, -0.1) is 0 Å². The van der Waals surface area contributed by atoms with E-state index in [1.807, 2.05) is 18.0 Å². The summed E-state index contributed by atoms with van der Waals surface area (Å²) >= 11 is 0. The zero-order valence-corrected chi connectivity index (χ0v) is 9.69. The molecule has 0 aliphatic heterocycles. The summed E-state index contributed by atoms with van der Waals surface area (Å²) in [6.07, 6.45) is 1.63. The standard InChI is InChI=1S/C13H15FN2O/c1-16(12-4-2-11(14)3-5-12)9-10-6-7-17-13(10)8-15/h2-7H,8-9,15H2,1H3. The van der Waals surface area contributed by atoms with E-state index in [1.165, 1.54) is 12.1 Å². The van der Waals surface area contributed by atoms with Gasteiger partial charge in [0, 0.05) is 24.8 Å². The van der Waals surface area contributed by atoms with Gasteiger partial charge < -0.3 is 15.1 Å². The van der Waals surface area contributed by atoms with Crippen molar-refractivity contribution in [1.82, 2.24) is 0 Å². The van der Waals surface area contributed by atoms with Crippen molar-refractivity contribution >= 4 is 5.69 Å². The number of halogens is 1. The van der Waals surface area contributed by atoms with Gasteiger partial charge >= 0.3 is 0 Å². The second-order valence-electron chi connectivity index (χ2n) is 3.91. The molecule has 0 atom stereocenters. The van der Waals surface area contributed by atoms with Crippen LogP contribution in [0.1, 0.15) is 11.3 Å². The lowest BCUT2D eigenvalue weighted by molar-refractivity contribution is 0.507. The van der Waals surface area contributed by atoms with Crippen LogP contribution in [0.2, 0.25) is 0 Å². The van der Waals surface area contributed by atoms with Crippen LogP contribution in [0.5, 0.6) is 0 Å². The van der Waals surface area contributed by atoms with Gasteiger partial charge in [0.1, 0.15) is 11.6 Å². The Balaban J connectivity index is 2.11. The Morgan fingerprint density at radius 3 is 2.59 bits per heavy atom. The Bertz CT molecular complexity index is 478. The summed E-state index contributed by atoms with van der Waals surface area (Å²) in [7, 11) is 1.94. The third kappa shape index (κ3) is 2.65. The maximum atomic E-state index is 12.8. The summed E-state index contributed by atoms with van der Waals surface area (Å²) in [5, 5.41) is 0. The van der Waals surface area contributed by atoms with E-state index in [0.717, 1.165) is 17.0 Å². The van der Waals surface area contributed by atoms with Gasteiger partial charge in [-0.1, -0.05) is 0 Å². The van der Waals surface area contributed by atoms with Crippen molar-refractivity contribution in [3.05, 3.63) is 53.7 Å². The molecule has 0 radical (unpaired) electrons. The molecular formula is C13H15FN2O. The van der Waals surface area contributed by atoms with Crippen molar-refractivity contribution in [2.45, 2.75) is 13.1 Å². The molecule has 17 heavy (non-hydrogen) atoms.